The van der Waals surface area contributed by atoms with Gasteiger partial charge in [-0.2, -0.15) is 0 Å². The molecule has 2 aromatic heterocycles. The van der Waals surface area contributed by atoms with Crippen LogP contribution in [0.4, 0.5) is 8.78 Å². The standard InChI is InChI=1S/C21H18ClF2N3O3/c1-11-9-26-16(20(28)25-3)8-17(11)27-12(2)6-18(19(22)21(27)29)30-10-13-4-5-14(23)7-15(13)24/h4-9H,10H2,1-3H3,(H,25,28). The molecule has 0 aliphatic rings. The van der Waals surface area contributed by atoms with Crippen molar-refractivity contribution >= 4 is 17.5 Å². The third-order valence-electron chi connectivity index (χ3n) is 4.47. The summed E-state index contributed by atoms with van der Waals surface area (Å²) < 4.78 is 33.7. The zero-order chi connectivity index (χ0) is 22.0. The van der Waals surface area contributed by atoms with E-state index in [-0.39, 0.29) is 28.6 Å². The van der Waals surface area contributed by atoms with Crippen molar-refractivity contribution in [1.82, 2.24) is 14.9 Å². The molecule has 0 unspecified atom stereocenters. The molecule has 1 N–H and O–H groups in total. The van der Waals surface area contributed by atoms with E-state index in [0.29, 0.717) is 16.9 Å². The molecule has 156 valence electrons. The molecule has 0 aliphatic heterocycles. The summed E-state index contributed by atoms with van der Waals surface area (Å²) in [7, 11) is 1.48. The van der Waals surface area contributed by atoms with Crippen molar-refractivity contribution in [2.45, 2.75) is 20.5 Å². The molecule has 3 aromatic rings. The molecular formula is C21H18ClF2N3O3. The topological polar surface area (TPSA) is 73.2 Å². The van der Waals surface area contributed by atoms with Gasteiger partial charge in [0.1, 0.15) is 34.7 Å². The van der Waals surface area contributed by atoms with E-state index in [1.54, 1.807) is 13.8 Å². The van der Waals surface area contributed by atoms with Crippen LogP contribution < -0.4 is 15.6 Å². The summed E-state index contributed by atoms with van der Waals surface area (Å²) in [4.78, 5) is 28.9. The number of nitrogens with zero attached hydrogens (tertiary/aromatic N) is 2. The van der Waals surface area contributed by atoms with Crippen molar-refractivity contribution in [3.63, 3.8) is 0 Å². The van der Waals surface area contributed by atoms with E-state index in [2.05, 4.69) is 10.3 Å². The van der Waals surface area contributed by atoms with Gasteiger partial charge in [0.25, 0.3) is 11.5 Å². The molecule has 0 fully saturated rings. The van der Waals surface area contributed by atoms with Gasteiger partial charge in [0.05, 0.1) is 5.69 Å². The smallest absolute Gasteiger partial charge is 0.277 e. The number of aryl methyl sites for hydroxylation is 2. The molecule has 9 heteroatoms. The molecule has 1 aromatic carbocycles. The Morgan fingerprint density at radius 2 is 1.97 bits per heavy atom. The quantitative estimate of drug-likeness (QED) is 0.665. The summed E-state index contributed by atoms with van der Waals surface area (Å²) >= 11 is 6.23. The van der Waals surface area contributed by atoms with Crippen molar-refractivity contribution in [1.29, 1.82) is 0 Å². The molecule has 0 saturated carbocycles. The van der Waals surface area contributed by atoms with Crippen LogP contribution in [0.1, 0.15) is 27.3 Å². The average Bonchev–Trinajstić information content (AvgIpc) is 2.71. The second-order valence-electron chi connectivity index (χ2n) is 6.56. The maximum atomic E-state index is 13.8. The summed E-state index contributed by atoms with van der Waals surface area (Å²) in [6.45, 7) is 3.18. The van der Waals surface area contributed by atoms with Gasteiger partial charge in [-0.25, -0.2) is 8.78 Å². The SMILES string of the molecule is CNC(=O)c1cc(-n2c(C)cc(OCc3ccc(F)cc3F)c(Cl)c2=O)c(C)cn1. The third-order valence-corrected chi connectivity index (χ3v) is 4.82. The van der Waals surface area contributed by atoms with Gasteiger partial charge in [0, 0.05) is 36.6 Å². The van der Waals surface area contributed by atoms with E-state index < -0.39 is 23.1 Å². The Labute approximate surface area is 176 Å². The fourth-order valence-electron chi connectivity index (χ4n) is 2.89. The minimum Gasteiger partial charge on any atom is -0.487 e. The van der Waals surface area contributed by atoms with Crippen molar-refractivity contribution in [3.05, 3.63) is 86.1 Å². The van der Waals surface area contributed by atoms with Crippen LogP contribution in [0.2, 0.25) is 5.02 Å². The number of pyridine rings is 2. The Hall–Kier alpha value is -3.26. The highest BCUT2D eigenvalue weighted by molar-refractivity contribution is 6.31. The first-order valence-corrected chi connectivity index (χ1v) is 9.28. The number of benzene rings is 1. The number of rotatable bonds is 5. The first kappa shape index (κ1) is 21.4. The lowest BCUT2D eigenvalue weighted by Crippen LogP contribution is -2.24. The summed E-state index contributed by atoms with van der Waals surface area (Å²) in [5, 5.41) is 2.27. The summed E-state index contributed by atoms with van der Waals surface area (Å²) in [5.74, 6) is -1.78. The molecule has 0 radical (unpaired) electrons. The van der Waals surface area contributed by atoms with Gasteiger partial charge >= 0.3 is 0 Å². The minimum atomic E-state index is -0.759. The first-order chi connectivity index (χ1) is 14.2. The Morgan fingerprint density at radius 3 is 2.63 bits per heavy atom. The number of carbonyl (C=O) groups excluding carboxylic acids is 1. The van der Waals surface area contributed by atoms with Crippen LogP contribution in [0.15, 0.2) is 41.3 Å². The third kappa shape index (κ3) is 4.18. The second-order valence-corrected chi connectivity index (χ2v) is 6.94. The van der Waals surface area contributed by atoms with Gasteiger partial charge in [0.2, 0.25) is 0 Å². The van der Waals surface area contributed by atoms with Gasteiger partial charge in [-0.1, -0.05) is 11.6 Å². The van der Waals surface area contributed by atoms with E-state index in [1.807, 2.05) is 0 Å². The van der Waals surface area contributed by atoms with Crippen molar-refractivity contribution < 1.29 is 18.3 Å². The lowest BCUT2D eigenvalue weighted by Gasteiger charge is -2.16. The highest BCUT2D eigenvalue weighted by Gasteiger charge is 2.17. The molecule has 0 atom stereocenters. The van der Waals surface area contributed by atoms with Gasteiger partial charge < -0.3 is 10.1 Å². The van der Waals surface area contributed by atoms with Crippen LogP contribution in [0.5, 0.6) is 5.75 Å². The van der Waals surface area contributed by atoms with Crippen LogP contribution in [-0.4, -0.2) is 22.5 Å². The lowest BCUT2D eigenvalue weighted by molar-refractivity contribution is 0.0958. The number of hydrogen-bond donors (Lipinski definition) is 1. The summed E-state index contributed by atoms with van der Waals surface area (Å²) in [6.07, 6.45) is 1.49. The monoisotopic (exact) mass is 433 g/mol. The average molecular weight is 434 g/mol. The van der Waals surface area contributed by atoms with E-state index in [9.17, 15) is 18.4 Å². The van der Waals surface area contributed by atoms with Gasteiger partial charge in [-0.05, 0) is 37.6 Å². The number of aromatic nitrogens is 2. The molecule has 6 nitrogen and oxygen atoms in total. The Morgan fingerprint density at radius 1 is 1.23 bits per heavy atom. The van der Waals surface area contributed by atoms with Gasteiger partial charge in [-0.3, -0.25) is 19.1 Å². The zero-order valence-corrected chi connectivity index (χ0v) is 17.2. The number of hydrogen-bond acceptors (Lipinski definition) is 4. The van der Waals surface area contributed by atoms with E-state index in [0.717, 1.165) is 12.1 Å². The molecule has 0 spiro atoms. The molecule has 2 heterocycles. The van der Waals surface area contributed by atoms with Crippen LogP contribution in [0, 0.1) is 25.5 Å². The summed E-state index contributed by atoms with van der Waals surface area (Å²) in [6, 6.07) is 6.15. The van der Waals surface area contributed by atoms with Crippen molar-refractivity contribution in [2.75, 3.05) is 7.05 Å². The molecule has 1 amide bonds. The zero-order valence-electron chi connectivity index (χ0n) is 16.4. The van der Waals surface area contributed by atoms with Crippen LogP contribution in [-0.2, 0) is 6.61 Å². The largest absolute Gasteiger partial charge is 0.487 e. The number of carbonyl (C=O) groups is 1. The number of halogens is 3. The van der Waals surface area contributed by atoms with Crippen LogP contribution in [0.25, 0.3) is 5.69 Å². The predicted molar refractivity (Wildman–Crippen MR) is 108 cm³/mol. The van der Waals surface area contributed by atoms with Crippen LogP contribution in [0.3, 0.4) is 0 Å². The minimum absolute atomic E-state index is 0.0670. The van der Waals surface area contributed by atoms with Gasteiger partial charge in [-0.15, -0.1) is 0 Å². The fourth-order valence-corrected chi connectivity index (χ4v) is 3.08. The Kier molecular flexibility index (Phi) is 6.17. The first-order valence-electron chi connectivity index (χ1n) is 8.91. The van der Waals surface area contributed by atoms with E-state index >= 15 is 0 Å². The summed E-state index contributed by atoms with van der Waals surface area (Å²) in [5.41, 5.74) is 1.29. The molecule has 0 bridgehead atoms. The molecule has 3 rings (SSSR count). The predicted octanol–water partition coefficient (Wildman–Crippen LogP) is 3.72. The fraction of sp³-hybridized carbons (Fsp3) is 0.190. The highest BCUT2D eigenvalue weighted by Crippen LogP contribution is 2.26. The van der Waals surface area contributed by atoms with Crippen molar-refractivity contribution in [2.24, 2.45) is 0 Å². The number of ether oxygens (including phenoxy) is 1. The molecule has 0 saturated heterocycles. The van der Waals surface area contributed by atoms with E-state index in [1.165, 1.54) is 36.0 Å². The second kappa shape index (κ2) is 8.62. The van der Waals surface area contributed by atoms with E-state index in [4.69, 9.17) is 16.3 Å². The van der Waals surface area contributed by atoms with Gasteiger partial charge in [0.15, 0.2) is 0 Å². The molecular weight excluding hydrogens is 416 g/mol. The maximum Gasteiger partial charge on any atom is 0.277 e. The number of nitrogens with one attached hydrogen (secondary N) is 1. The molecule has 0 aliphatic carbocycles. The van der Waals surface area contributed by atoms with Crippen LogP contribution >= 0.6 is 11.6 Å². The Balaban J connectivity index is 2.00. The lowest BCUT2D eigenvalue weighted by atomic mass is 10.2. The molecule has 30 heavy (non-hydrogen) atoms. The number of amides is 1. The normalized spacial score (nSPS) is 10.7. The maximum absolute atomic E-state index is 13.8. The highest BCUT2D eigenvalue weighted by atomic mass is 35.5. The van der Waals surface area contributed by atoms with Crippen molar-refractivity contribution in [3.8, 4) is 11.4 Å². The Bertz CT molecular complexity index is 1190.